The summed E-state index contributed by atoms with van der Waals surface area (Å²) in [5.74, 6) is 0.506. The molecule has 6 nitrogen and oxygen atoms in total. The van der Waals surface area contributed by atoms with Crippen LogP contribution < -0.4 is 10.6 Å². The number of thiocarbonyl (C=S) groups is 1. The second-order valence-electron chi connectivity index (χ2n) is 8.65. The molecule has 0 unspecified atom stereocenters. The lowest BCUT2D eigenvalue weighted by atomic mass is 10.1. The summed E-state index contributed by atoms with van der Waals surface area (Å²) in [5.41, 5.74) is 6.73. The number of benzene rings is 3. The third-order valence-corrected chi connectivity index (χ3v) is 6.85. The zero-order valence-corrected chi connectivity index (χ0v) is 22.4. The molecule has 2 aromatic heterocycles. The van der Waals surface area contributed by atoms with Crippen molar-refractivity contribution in [1.82, 2.24) is 10.3 Å². The number of fused-ring (bicyclic) bond motifs is 1. The van der Waals surface area contributed by atoms with E-state index in [1.807, 2.05) is 45.0 Å². The van der Waals surface area contributed by atoms with Gasteiger partial charge in [0.1, 0.15) is 11.3 Å². The molecule has 1 amide bonds. The lowest BCUT2D eigenvalue weighted by molar-refractivity contribution is 0.0951. The van der Waals surface area contributed by atoms with Gasteiger partial charge in [-0.2, -0.15) is 0 Å². The topological polar surface area (TPSA) is 80.3 Å². The molecular formula is C28H21Cl2N3O3S. The van der Waals surface area contributed by atoms with Crippen LogP contribution in [-0.2, 0) is 0 Å². The Morgan fingerprint density at radius 2 is 1.76 bits per heavy atom. The highest BCUT2D eigenvalue weighted by Gasteiger charge is 2.17. The Bertz CT molecular complexity index is 1690. The van der Waals surface area contributed by atoms with Gasteiger partial charge in [0.15, 0.2) is 16.5 Å². The number of carbonyl (C=O) groups excluding carboxylic acids is 1. The molecule has 0 spiro atoms. The summed E-state index contributed by atoms with van der Waals surface area (Å²) in [6.45, 7) is 5.96. The van der Waals surface area contributed by atoms with Gasteiger partial charge >= 0.3 is 0 Å². The van der Waals surface area contributed by atoms with Crippen LogP contribution in [0, 0.1) is 20.8 Å². The van der Waals surface area contributed by atoms with E-state index >= 15 is 0 Å². The predicted octanol–water partition coefficient (Wildman–Crippen LogP) is 8.11. The molecule has 2 heterocycles. The minimum atomic E-state index is -0.500. The van der Waals surface area contributed by atoms with Crippen LogP contribution in [0.4, 0.5) is 5.69 Å². The third kappa shape index (κ3) is 5.11. The molecule has 0 aliphatic heterocycles. The molecule has 2 N–H and O–H groups in total. The highest BCUT2D eigenvalue weighted by molar-refractivity contribution is 7.80. The van der Waals surface area contributed by atoms with Gasteiger partial charge in [0.2, 0.25) is 5.89 Å². The number of anilines is 1. The second-order valence-corrected chi connectivity index (χ2v) is 9.85. The number of halogens is 2. The van der Waals surface area contributed by atoms with Crippen LogP contribution in [0.15, 0.2) is 69.5 Å². The number of aromatic nitrogens is 1. The number of nitrogens with zero attached hydrogens (tertiary/aromatic N) is 1. The normalized spacial score (nSPS) is 11.1. The lowest BCUT2D eigenvalue weighted by Crippen LogP contribution is -2.34. The summed E-state index contributed by atoms with van der Waals surface area (Å²) in [4.78, 5) is 17.4. The van der Waals surface area contributed by atoms with Gasteiger partial charge in [-0.3, -0.25) is 10.1 Å². The van der Waals surface area contributed by atoms with Crippen molar-refractivity contribution >= 4 is 63.2 Å². The fourth-order valence-electron chi connectivity index (χ4n) is 4.01. The van der Waals surface area contributed by atoms with Crippen LogP contribution in [0.3, 0.4) is 0 Å². The Hall–Kier alpha value is -3.65. The summed E-state index contributed by atoms with van der Waals surface area (Å²) in [6, 6.07) is 18.2. The first-order valence-corrected chi connectivity index (χ1v) is 12.5. The van der Waals surface area contributed by atoms with E-state index in [-0.39, 0.29) is 10.9 Å². The van der Waals surface area contributed by atoms with Gasteiger partial charge in [-0.05, 0) is 92.1 Å². The molecule has 0 saturated heterocycles. The Morgan fingerprint density at radius 1 is 0.946 bits per heavy atom. The van der Waals surface area contributed by atoms with Crippen LogP contribution in [0.2, 0.25) is 10.0 Å². The maximum absolute atomic E-state index is 12.8. The van der Waals surface area contributed by atoms with Crippen LogP contribution in [0.25, 0.3) is 33.9 Å². The molecule has 5 rings (SSSR count). The average molecular weight is 550 g/mol. The van der Waals surface area contributed by atoms with E-state index in [1.54, 1.807) is 30.3 Å². The van der Waals surface area contributed by atoms with Gasteiger partial charge < -0.3 is 14.2 Å². The van der Waals surface area contributed by atoms with Crippen molar-refractivity contribution in [2.45, 2.75) is 20.8 Å². The number of aryl methyl sites for hydroxylation is 3. The van der Waals surface area contributed by atoms with Gasteiger partial charge in [-0.25, -0.2) is 4.98 Å². The lowest BCUT2D eigenvalue weighted by Gasteiger charge is -2.12. The molecule has 0 radical (unpaired) electrons. The summed E-state index contributed by atoms with van der Waals surface area (Å²) < 4.78 is 11.7. The first kappa shape index (κ1) is 25.0. The Morgan fingerprint density at radius 3 is 2.57 bits per heavy atom. The van der Waals surface area contributed by atoms with Gasteiger partial charge in [0.25, 0.3) is 5.91 Å². The number of oxazole rings is 1. The van der Waals surface area contributed by atoms with Crippen molar-refractivity contribution < 1.29 is 13.6 Å². The van der Waals surface area contributed by atoms with E-state index in [2.05, 4.69) is 21.7 Å². The Kier molecular flexibility index (Phi) is 6.77. The van der Waals surface area contributed by atoms with E-state index < -0.39 is 5.91 Å². The van der Waals surface area contributed by atoms with Crippen LogP contribution >= 0.6 is 35.4 Å². The SMILES string of the molecule is Cc1cc(C)c2oc(-c3ccc(C)c(NC(=S)NC(=O)c4ccc(-c5cccc(Cl)c5Cl)o4)c3)nc2c1. The number of furan rings is 1. The zero-order chi connectivity index (χ0) is 26.3. The second kappa shape index (κ2) is 10.0. The number of hydrogen-bond donors (Lipinski definition) is 2. The standard InChI is InChI=1S/C28H21Cl2N3O3S/c1-14-11-16(3)25-21(12-14)31-27(36-25)17-8-7-15(2)20(13-17)32-28(37)33-26(34)23-10-9-22(35-23)18-5-4-6-19(29)24(18)30/h4-13H,1-3H3,(H2,32,33,34,37). The maximum Gasteiger partial charge on any atom is 0.293 e. The van der Waals surface area contributed by atoms with Gasteiger partial charge in [0, 0.05) is 16.8 Å². The van der Waals surface area contributed by atoms with Gasteiger partial charge in [-0.15, -0.1) is 0 Å². The average Bonchev–Trinajstić information content (AvgIpc) is 3.50. The summed E-state index contributed by atoms with van der Waals surface area (Å²) in [5, 5.41) is 6.59. The molecule has 0 aliphatic rings. The van der Waals surface area contributed by atoms with Crippen LogP contribution in [0.1, 0.15) is 27.2 Å². The molecule has 5 aromatic rings. The first-order valence-electron chi connectivity index (χ1n) is 11.3. The fraction of sp³-hybridized carbons (Fsp3) is 0.107. The van der Waals surface area contributed by atoms with Gasteiger partial charge in [-0.1, -0.05) is 41.4 Å². The van der Waals surface area contributed by atoms with Crippen molar-refractivity contribution in [3.63, 3.8) is 0 Å². The molecule has 37 heavy (non-hydrogen) atoms. The molecule has 0 fully saturated rings. The zero-order valence-electron chi connectivity index (χ0n) is 20.1. The number of hydrogen-bond acceptors (Lipinski definition) is 5. The van der Waals surface area contributed by atoms with E-state index in [9.17, 15) is 4.79 Å². The molecule has 3 aromatic carbocycles. The van der Waals surface area contributed by atoms with Crippen molar-refractivity contribution in [2.75, 3.05) is 5.32 Å². The quantitative estimate of drug-likeness (QED) is 0.220. The molecule has 0 atom stereocenters. The Labute approximate surface area is 228 Å². The van der Waals surface area contributed by atoms with E-state index in [0.29, 0.717) is 32.9 Å². The molecule has 0 bridgehead atoms. The largest absolute Gasteiger partial charge is 0.451 e. The minimum Gasteiger partial charge on any atom is -0.451 e. The van der Waals surface area contributed by atoms with Gasteiger partial charge in [0.05, 0.1) is 10.0 Å². The Balaban J connectivity index is 1.32. The van der Waals surface area contributed by atoms with E-state index in [1.165, 1.54) is 0 Å². The van der Waals surface area contributed by atoms with E-state index in [0.717, 1.165) is 33.4 Å². The first-order chi connectivity index (χ1) is 17.7. The smallest absolute Gasteiger partial charge is 0.293 e. The van der Waals surface area contributed by atoms with Crippen molar-refractivity contribution in [2.24, 2.45) is 0 Å². The molecule has 0 aliphatic carbocycles. The monoisotopic (exact) mass is 549 g/mol. The molecule has 9 heteroatoms. The minimum absolute atomic E-state index is 0.0813. The van der Waals surface area contributed by atoms with Crippen LogP contribution in [0.5, 0.6) is 0 Å². The van der Waals surface area contributed by atoms with E-state index in [4.69, 9.17) is 44.3 Å². The highest BCUT2D eigenvalue weighted by atomic mass is 35.5. The van der Waals surface area contributed by atoms with Crippen molar-refractivity contribution in [1.29, 1.82) is 0 Å². The van der Waals surface area contributed by atoms with Crippen molar-refractivity contribution in [3.8, 4) is 22.8 Å². The summed E-state index contributed by atoms with van der Waals surface area (Å²) >= 11 is 17.7. The predicted molar refractivity (Wildman–Crippen MR) is 152 cm³/mol. The maximum atomic E-state index is 12.8. The number of amides is 1. The molecular weight excluding hydrogens is 529 g/mol. The fourth-order valence-corrected chi connectivity index (χ4v) is 4.60. The summed E-state index contributed by atoms with van der Waals surface area (Å²) in [7, 11) is 0. The number of carbonyl (C=O) groups is 1. The van der Waals surface area contributed by atoms with Crippen LogP contribution in [-0.4, -0.2) is 16.0 Å². The number of rotatable bonds is 4. The highest BCUT2D eigenvalue weighted by Crippen LogP contribution is 2.34. The summed E-state index contributed by atoms with van der Waals surface area (Å²) in [6.07, 6.45) is 0. The number of nitrogens with one attached hydrogen (secondary N) is 2. The van der Waals surface area contributed by atoms with Crippen molar-refractivity contribution in [3.05, 3.63) is 93.2 Å². The molecule has 186 valence electrons. The molecule has 0 saturated carbocycles. The third-order valence-electron chi connectivity index (χ3n) is 5.83.